The Kier molecular flexibility index (Phi) is 2.92. The van der Waals surface area contributed by atoms with Gasteiger partial charge in [0.25, 0.3) is 0 Å². The van der Waals surface area contributed by atoms with E-state index in [1.165, 1.54) is 25.7 Å². The molecule has 2 heterocycles. The Morgan fingerprint density at radius 3 is 2.28 bits per heavy atom. The Balaban J connectivity index is 1.67. The van der Waals surface area contributed by atoms with Crippen LogP contribution >= 0.6 is 0 Å². The number of piperidine rings is 1. The zero-order valence-corrected chi connectivity index (χ0v) is 11.9. The van der Waals surface area contributed by atoms with Gasteiger partial charge in [0, 0.05) is 30.6 Å². The molecule has 1 saturated carbocycles. The molecule has 0 aromatic carbocycles. The number of hydrogen-bond acceptors (Lipinski definition) is 2. The van der Waals surface area contributed by atoms with Crippen molar-refractivity contribution in [2.24, 2.45) is 11.3 Å². The van der Waals surface area contributed by atoms with Crippen LogP contribution in [0.3, 0.4) is 0 Å². The maximum Gasteiger partial charge on any atom is 0.226 e. The normalized spacial score (nSPS) is 40.6. The Morgan fingerprint density at radius 1 is 1.28 bits per heavy atom. The number of nitrogens with zero attached hydrogens (tertiary/aromatic N) is 1. The minimum atomic E-state index is 0.260. The topological polar surface area (TPSA) is 32.3 Å². The van der Waals surface area contributed by atoms with Crippen LogP contribution < -0.4 is 5.32 Å². The molecule has 102 valence electrons. The van der Waals surface area contributed by atoms with Gasteiger partial charge >= 0.3 is 0 Å². The molecule has 1 N–H and O–H groups in total. The molecule has 3 heteroatoms. The van der Waals surface area contributed by atoms with E-state index < -0.39 is 0 Å². The Bertz CT molecular complexity index is 340. The molecule has 0 aromatic heterocycles. The maximum absolute atomic E-state index is 12.6. The van der Waals surface area contributed by atoms with E-state index in [1.807, 2.05) is 0 Å². The summed E-state index contributed by atoms with van der Waals surface area (Å²) in [5, 5.41) is 3.66. The number of carbonyl (C=O) groups excluding carboxylic acids is 1. The lowest BCUT2D eigenvalue weighted by Gasteiger charge is -2.37. The third kappa shape index (κ3) is 2.07. The van der Waals surface area contributed by atoms with Crippen molar-refractivity contribution in [3.8, 4) is 0 Å². The summed E-state index contributed by atoms with van der Waals surface area (Å²) in [5.74, 6) is 0.721. The van der Waals surface area contributed by atoms with Crippen molar-refractivity contribution < 1.29 is 4.79 Å². The Hall–Kier alpha value is -0.570. The van der Waals surface area contributed by atoms with Crippen LogP contribution in [0.2, 0.25) is 0 Å². The molecule has 3 nitrogen and oxygen atoms in total. The highest BCUT2D eigenvalue weighted by atomic mass is 16.2. The van der Waals surface area contributed by atoms with Crippen LogP contribution in [-0.4, -0.2) is 35.5 Å². The zero-order chi connectivity index (χ0) is 12.9. The fourth-order valence-electron chi connectivity index (χ4n) is 3.96. The van der Waals surface area contributed by atoms with Gasteiger partial charge in [0.15, 0.2) is 0 Å². The lowest BCUT2D eigenvalue weighted by molar-refractivity contribution is -0.136. The molecular weight excluding hydrogens is 224 g/mol. The second-order valence-corrected chi connectivity index (χ2v) is 7.13. The van der Waals surface area contributed by atoms with E-state index in [2.05, 4.69) is 31.0 Å². The minimum Gasteiger partial charge on any atom is -0.340 e. The van der Waals surface area contributed by atoms with Gasteiger partial charge in [-0.05, 0) is 44.4 Å². The molecule has 3 atom stereocenters. The Morgan fingerprint density at radius 2 is 1.83 bits per heavy atom. The molecule has 0 spiro atoms. The molecule has 1 amide bonds. The molecule has 3 aliphatic rings. The van der Waals surface area contributed by atoms with Gasteiger partial charge in [0.2, 0.25) is 5.91 Å². The average Bonchev–Trinajstić information content (AvgIpc) is 2.83. The van der Waals surface area contributed by atoms with E-state index in [9.17, 15) is 4.79 Å². The van der Waals surface area contributed by atoms with E-state index in [0.717, 1.165) is 13.0 Å². The summed E-state index contributed by atoms with van der Waals surface area (Å²) in [6.45, 7) is 7.46. The fraction of sp³-hybridized carbons (Fsp3) is 0.933. The van der Waals surface area contributed by atoms with E-state index in [4.69, 9.17) is 0 Å². The number of carbonyl (C=O) groups is 1. The summed E-state index contributed by atoms with van der Waals surface area (Å²) in [6.07, 6.45) is 6.04. The molecular formula is C15H26N2O. The first-order valence-corrected chi connectivity index (χ1v) is 7.58. The van der Waals surface area contributed by atoms with Crippen molar-refractivity contribution in [2.75, 3.05) is 6.54 Å². The van der Waals surface area contributed by atoms with Crippen molar-refractivity contribution in [3.63, 3.8) is 0 Å². The molecule has 0 radical (unpaired) electrons. The first kappa shape index (κ1) is 12.5. The highest BCUT2D eigenvalue weighted by Gasteiger charge is 2.53. The fourth-order valence-corrected chi connectivity index (χ4v) is 3.96. The predicted octanol–water partition coefficient (Wildman–Crippen LogP) is 2.16. The van der Waals surface area contributed by atoms with Crippen molar-refractivity contribution in [2.45, 2.75) is 71.0 Å². The van der Waals surface area contributed by atoms with Gasteiger partial charge in [-0.3, -0.25) is 4.79 Å². The van der Waals surface area contributed by atoms with Crippen molar-refractivity contribution >= 4 is 5.91 Å². The molecule has 0 aromatic rings. The second-order valence-electron chi connectivity index (χ2n) is 7.13. The molecule has 18 heavy (non-hydrogen) atoms. The number of rotatable bonds is 3. The monoisotopic (exact) mass is 250 g/mol. The van der Waals surface area contributed by atoms with Gasteiger partial charge in [0.1, 0.15) is 0 Å². The molecule has 2 bridgehead atoms. The molecule has 3 rings (SSSR count). The van der Waals surface area contributed by atoms with Crippen LogP contribution in [0.15, 0.2) is 0 Å². The third-order valence-corrected chi connectivity index (χ3v) is 5.32. The van der Waals surface area contributed by atoms with Crippen molar-refractivity contribution in [1.82, 2.24) is 10.2 Å². The summed E-state index contributed by atoms with van der Waals surface area (Å²) in [6, 6.07) is 1.84. The van der Waals surface area contributed by atoms with Gasteiger partial charge in [-0.25, -0.2) is 0 Å². The van der Waals surface area contributed by atoms with Gasteiger partial charge in [-0.1, -0.05) is 13.8 Å². The highest BCUT2D eigenvalue weighted by Crippen LogP contribution is 2.52. The lowest BCUT2D eigenvalue weighted by atomic mass is 9.97. The summed E-state index contributed by atoms with van der Waals surface area (Å²) >= 11 is 0. The van der Waals surface area contributed by atoms with Crippen LogP contribution in [0, 0.1) is 11.3 Å². The minimum absolute atomic E-state index is 0.260. The summed E-state index contributed by atoms with van der Waals surface area (Å²) < 4.78 is 0. The second kappa shape index (κ2) is 4.22. The third-order valence-electron chi connectivity index (χ3n) is 5.32. The quantitative estimate of drug-likeness (QED) is 0.832. The highest BCUT2D eigenvalue weighted by molar-refractivity contribution is 5.82. The van der Waals surface area contributed by atoms with Gasteiger partial charge in [-0.2, -0.15) is 0 Å². The number of fused-ring (bicyclic) bond motifs is 2. The average molecular weight is 250 g/mol. The molecule has 1 aliphatic carbocycles. The summed E-state index contributed by atoms with van der Waals surface area (Å²) in [5.41, 5.74) is 0.260. The van der Waals surface area contributed by atoms with Gasteiger partial charge in [-0.15, -0.1) is 0 Å². The molecule has 3 unspecified atom stereocenters. The first-order chi connectivity index (χ1) is 8.51. The predicted molar refractivity (Wildman–Crippen MR) is 72.2 cm³/mol. The van der Waals surface area contributed by atoms with Crippen LogP contribution in [0.5, 0.6) is 0 Å². The number of nitrogens with one attached hydrogen (secondary N) is 1. The zero-order valence-electron chi connectivity index (χ0n) is 11.9. The summed E-state index contributed by atoms with van der Waals surface area (Å²) in [4.78, 5) is 14.8. The van der Waals surface area contributed by atoms with Crippen LogP contribution in [0.4, 0.5) is 0 Å². The van der Waals surface area contributed by atoms with Crippen LogP contribution in [0.1, 0.15) is 52.9 Å². The van der Waals surface area contributed by atoms with E-state index >= 15 is 0 Å². The molecule has 3 fully saturated rings. The van der Waals surface area contributed by atoms with E-state index in [0.29, 0.717) is 30.0 Å². The van der Waals surface area contributed by atoms with Gasteiger partial charge < -0.3 is 10.2 Å². The first-order valence-electron chi connectivity index (χ1n) is 7.58. The Labute approximate surface area is 110 Å². The maximum atomic E-state index is 12.6. The van der Waals surface area contributed by atoms with Crippen LogP contribution in [-0.2, 0) is 4.79 Å². The SMILES string of the molecule is CCN(C(=O)C1CC1(C)C)C1CC2CCC(C1)N2. The smallest absolute Gasteiger partial charge is 0.226 e. The molecule has 2 aliphatic heterocycles. The van der Waals surface area contributed by atoms with Gasteiger partial charge in [0.05, 0.1) is 0 Å². The van der Waals surface area contributed by atoms with E-state index in [-0.39, 0.29) is 5.41 Å². The van der Waals surface area contributed by atoms with Crippen LogP contribution in [0.25, 0.3) is 0 Å². The lowest BCUT2D eigenvalue weighted by Crippen LogP contribution is -2.50. The van der Waals surface area contributed by atoms with Crippen molar-refractivity contribution in [1.29, 1.82) is 0 Å². The standard InChI is InChI=1S/C15H26N2O/c1-4-17(14(18)13-9-15(13,2)3)12-7-10-5-6-11(8-12)16-10/h10-13,16H,4-9H2,1-3H3. The number of hydrogen-bond donors (Lipinski definition) is 1. The van der Waals surface area contributed by atoms with E-state index in [1.54, 1.807) is 0 Å². The largest absolute Gasteiger partial charge is 0.340 e. The molecule has 2 saturated heterocycles. The number of amides is 1. The van der Waals surface area contributed by atoms with Crippen molar-refractivity contribution in [3.05, 3.63) is 0 Å². The summed E-state index contributed by atoms with van der Waals surface area (Å²) in [7, 11) is 0.